The van der Waals surface area contributed by atoms with Crippen LogP contribution in [0.2, 0.25) is 0 Å². The number of benzene rings is 1. The number of amides is 1. The maximum atomic E-state index is 12.7. The van der Waals surface area contributed by atoms with Crippen molar-refractivity contribution in [1.29, 1.82) is 0 Å². The van der Waals surface area contributed by atoms with E-state index >= 15 is 0 Å². The molecule has 26 heavy (non-hydrogen) atoms. The zero-order valence-corrected chi connectivity index (χ0v) is 15.6. The number of piperidine rings is 1. The lowest BCUT2D eigenvalue weighted by Crippen LogP contribution is -2.44. The fraction of sp³-hybridized carbons (Fsp3) is 0.429. The van der Waals surface area contributed by atoms with E-state index < -0.39 is 6.10 Å². The van der Waals surface area contributed by atoms with E-state index in [1.54, 1.807) is 19.2 Å². The van der Waals surface area contributed by atoms with Crippen LogP contribution in [0.15, 0.2) is 41.3 Å². The summed E-state index contributed by atoms with van der Waals surface area (Å²) >= 11 is 0. The smallest absolute Gasteiger partial charge is 0.263 e. The molecule has 1 aliphatic heterocycles. The molecule has 5 nitrogen and oxygen atoms in total. The van der Waals surface area contributed by atoms with E-state index in [2.05, 4.69) is 11.9 Å². The van der Waals surface area contributed by atoms with Gasteiger partial charge in [-0.25, -0.2) is 0 Å². The second-order valence-corrected chi connectivity index (χ2v) is 7.09. The molecule has 1 unspecified atom stereocenters. The predicted molar refractivity (Wildman–Crippen MR) is 102 cm³/mol. The minimum absolute atomic E-state index is 0.0209. The number of rotatable bonds is 4. The van der Waals surface area contributed by atoms with Crippen molar-refractivity contribution >= 4 is 5.91 Å². The fourth-order valence-electron chi connectivity index (χ4n) is 3.45. The van der Waals surface area contributed by atoms with Gasteiger partial charge < -0.3 is 14.6 Å². The topological polar surface area (TPSA) is 62.4 Å². The maximum absolute atomic E-state index is 12.7. The molecule has 1 fully saturated rings. The quantitative estimate of drug-likeness (QED) is 0.917. The largest absolute Gasteiger partial charge is 0.481 e. The highest BCUT2D eigenvalue weighted by Gasteiger charge is 2.27. The van der Waals surface area contributed by atoms with Crippen LogP contribution in [-0.4, -0.2) is 35.0 Å². The van der Waals surface area contributed by atoms with Gasteiger partial charge in [0.25, 0.3) is 5.91 Å². The molecule has 2 heterocycles. The van der Waals surface area contributed by atoms with Crippen molar-refractivity contribution < 1.29 is 9.53 Å². The number of aromatic amines is 1. The Morgan fingerprint density at radius 1 is 1.15 bits per heavy atom. The molecule has 5 heteroatoms. The standard InChI is InChI=1S/C21H26N2O3/c1-14-4-5-19(12-15(14)2)26-16(3)21(25)23-10-7-17(8-11-23)18-6-9-22-20(24)13-18/h4-6,9,12-13,16-17H,7-8,10-11H2,1-3H3,(H,22,24). The molecule has 0 radical (unpaired) electrons. The summed E-state index contributed by atoms with van der Waals surface area (Å²) in [5.74, 6) is 1.08. The Morgan fingerprint density at radius 2 is 1.88 bits per heavy atom. The average Bonchev–Trinajstić information content (AvgIpc) is 2.64. The van der Waals surface area contributed by atoms with Crippen LogP contribution in [0, 0.1) is 13.8 Å². The number of hydrogen-bond donors (Lipinski definition) is 1. The van der Waals surface area contributed by atoms with E-state index in [0.29, 0.717) is 19.0 Å². The number of likely N-dealkylation sites (tertiary alicyclic amines) is 1. The van der Waals surface area contributed by atoms with Crippen LogP contribution >= 0.6 is 0 Å². The van der Waals surface area contributed by atoms with Gasteiger partial charge in [-0.1, -0.05) is 6.07 Å². The number of aromatic nitrogens is 1. The molecule has 0 saturated carbocycles. The first-order valence-corrected chi connectivity index (χ1v) is 9.15. The van der Waals surface area contributed by atoms with Gasteiger partial charge in [-0.05, 0) is 74.4 Å². The molecule has 1 atom stereocenters. The maximum Gasteiger partial charge on any atom is 0.263 e. The van der Waals surface area contributed by atoms with Gasteiger partial charge in [-0.3, -0.25) is 9.59 Å². The number of nitrogens with one attached hydrogen (secondary N) is 1. The molecule has 1 aromatic heterocycles. The molecular formula is C21H26N2O3. The number of carbonyl (C=O) groups is 1. The van der Waals surface area contributed by atoms with Crippen molar-refractivity contribution in [2.75, 3.05) is 13.1 Å². The zero-order valence-electron chi connectivity index (χ0n) is 15.6. The summed E-state index contributed by atoms with van der Waals surface area (Å²) in [4.78, 5) is 28.7. The van der Waals surface area contributed by atoms with Crippen LogP contribution in [0.3, 0.4) is 0 Å². The van der Waals surface area contributed by atoms with Crippen molar-refractivity contribution in [1.82, 2.24) is 9.88 Å². The minimum atomic E-state index is -0.506. The Labute approximate surface area is 154 Å². The monoisotopic (exact) mass is 354 g/mol. The highest BCUT2D eigenvalue weighted by Crippen LogP contribution is 2.27. The summed E-state index contributed by atoms with van der Waals surface area (Å²) in [5.41, 5.74) is 3.34. The molecule has 138 valence electrons. The van der Waals surface area contributed by atoms with E-state index in [4.69, 9.17) is 4.74 Å². The van der Waals surface area contributed by atoms with Crippen LogP contribution < -0.4 is 10.3 Å². The lowest BCUT2D eigenvalue weighted by molar-refractivity contribution is -0.139. The zero-order chi connectivity index (χ0) is 18.7. The summed E-state index contributed by atoms with van der Waals surface area (Å²) in [6, 6.07) is 9.50. The number of carbonyl (C=O) groups excluding carboxylic acids is 1. The summed E-state index contributed by atoms with van der Waals surface area (Å²) in [6.45, 7) is 7.28. The molecule has 2 aromatic rings. The van der Waals surface area contributed by atoms with Crippen molar-refractivity contribution in [3.63, 3.8) is 0 Å². The lowest BCUT2D eigenvalue weighted by atomic mass is 9.90. The molecule has 3 rings (SSSR count). The van der Waals surface area contributed by atoms with E-state index in [1.807, 2.05) is 36.1 Å². The molecule has 0 aliphatic carbocycles. The molecule has 1 N–H and O–H groups in total. The van der Waals surface area contributed by atoms with Crippen molar-refractivity contribution in [3.05, 3.63) is 63.6 Å². The highest BCUT2D eigenvalue weighted by molar-refractivity contribution is 5.81. The molecule has 1 amide bonds. The van der Waals surface area contributed by atoms with Gasteiger partial charge >= 0.3 is 0 Å². The third kappa shape index (κ3) is 4.15. The van der Waals surface area contributed by atoms with Crippen LogP contribution in [0.25, 0.3) is 0 Å². The highest BCUT2D eigenvalue weighted by atomic mass is 16.5. The van der Waals surface area contributed by atoms with Crippen LogP contribution in [0.1, 0.15) is 42.4 Å². The Morgan fingerprint density at radius 3 is 2.54 bits per heavy atom. The first-order valence-electron chi connectivity index (χ1n) is 9.15. The van der Waals surface area contributed by atoms with Crippen LogP contribution in [0.4, 0.5) is 0 Å². The Bertz CT molecular complexity index is 835. The summed E-state index contributed by atoms with van der Waals surface area (Å²) < 4.78 is 5.86. The van der Waals surface area contributed by atoms with Gasteiger partial charge in [0.05, 0.1) is 0 Å². The Balaban J connectivity index is 1.57. The van der Waals surface area contributed by atoms with Crippen LogP contribution in [0.5, 0.6) is 5.75 Å². The third-order valence-electron chi connectivity index (χ3n) is 5.22. The van der Waals surface area contributed by atoms with E-state index in [-0.39, 0.29) is 11.5 Å². The summed E-state index contributed by atoms with van der Waals surface area (Å²) in [6.07, 6.45) is 2.92. The number of aryl methyl sites for hydroxylation is 2. The Kier molecular flexibility index (Phi) is 5.45. The molecule has 0 spiro atoms. The van der Waals surface area contributed by atoms with Gasteiger partial charge in [0.15, 0.2) is 6.10 Å². The summed E-state index contributed by atoms with van der Waals surface area (Å²) in [7, 11) is 0. The van der Waals surface area contributed by atoms with E-state index in [9.17, 15) is 9.59 Å². The molecule has 1 aliphatic rings. The van der Waals surface area contributed by atoms with E-state index in [1.165, 1.54) is 5.56 Å². The molecule has 1 saturated heterocycles. The van der Waals surface area contributed by atoms with Crippen molar-refractivity contribution in [2.24, 2.45) is 0 Å². The second-order valence-electron chi connectivity index (χ2n) is 7.09. The van der Waals surface area contributed by atoms with Crippen LogP contribution in [-0.2, 0) is 4.79 Å². The number of H-pyrrole nitrogens is 1. The second kappa shape index (κ2) is 7.77. The lowest BCUT2D eigenvalue weighted by Gasteiger charge is -2.33. The molecular weight excluding hydrogens is 328 g/mol. The minimum Gasteiger partial charge on any atom is -0.481 e. The first-order chi connectivity index (χ1) is 12.4. The van der Waals surface area contributed by atoms with Crippen molar-refractivity contribution in [2.45, 2.75) is 45.6 Å². The number of ether oxygens (including phenoxy) is 1. The SMILES string of the molecule is Cc1ccc(OC(C)C(=O)N2CCC(c3cc[nH]c(=O)c3)CC2)cc1C. The normalized spacial score (nSPS) is 16.3. The molecule has 0 bridgehead atoms. The van der Waals surface area contributed by atoms with Crippen molar-refractivity contribution in [3.8, 4) is 5.75 Å². The summed E-state index contributed by atoms with van der Waals surface area (Å²) in [5, 5.41) is 0. The Hall–Kier alpha value is -2.56. The van der Waals surface area contributed by atoms with Gasteiger partial charge in [0.2, 0.25) is 5.56 Å². The number of nitrogens with zero attached hydrogens (tertiary/aromatic N) is 1. The van der Waals surface area contributed by atoms with Gasteiger partial charge in [-0.2, -0.15) is 0 Å². The fourth-order valence-corrected chi connectivity index (χ4v) is 3.45. The van der Waals surface area contributed by atoms with Gasteiger partial charge in [-0.15, -0.1) is 0 Å². The number of hydrogen-bond acceptors (Lipinski definition) is 3. The van der Waals surface area contributed by atoms with E-state index in [0.717, 1.165) is 29.7 Å². The first kappa shape index (κ1) is 18.2. The van der Waals surface area contributed by atoms with Gasteiger partial charge in [0, 0.05) is 25.4 Å². The number of pyridine rings is 1. The predicted octanol–water partition coefficient (Wildman–Crippen LogP) is 3.17. The average molecular weight is 354 g/mol. The molecule has 1 aromatic carbocycles. The van der Waals surface area contributed by atoms with Gasteiger partial charge in [0.1, 0.15) is 5.75 Å². The third-order valence-corrected chi connectivity index (χ3v) is 5.22.